The average Bonchev–Trinajstić information content (AvgIpc) is 3.00. The number of carbonyl (C=O) groups is 1. The van der Waals surface area contributed by atoms with Gasteiger partial charge in [-0.05, 0) is 55.2 Å². The number of rotatable bonds is 3. The number of nitrogens with zero attached hydrogens (tertiary/aromatic N) is 3. The summed E-state index contributed by atoms with van der Waals surface area (Å²) in [6.45, 7) is 7.53. The van der Waals surface area contributed by atoms with E-state index >= 15 is 0 Å². The van der Waals surface area contributed by atoms with Crippen LogP contribution in [0.2, 0.25) is 0 Å². The van der Waals surface area contributed by atoms with E-state index in [1.807, 2.05) is 25.4 Å². The molecule has 0 aromatic carbocycles. The summed E-state index contributed by atoms with van der Waals surface area (Å²) in [7, 11) is 0. The van der Waals surface area contributed by atoms with E-state index in [9.17, 15) is 4.79 Å². The van der Waals surface area contributed by atoms with Crippen LogP contribution >= 0.6 is 0 Å². The monoisotopic (exact) mass is 339 g/mol. The largest absolute Gasteiger partial charge is 0.335 e. The highest BCUT2D eigenvalue weighted by Crippen LogP contribution is 2.38. The molecule has 25 heavy (non-hydrogen) atoms. The summed E-state index contributed by atoms with van der Waals surface area (Å²) in [6.07, 6.45) is 8.09. The van der Waals surface area contributed by atoms with E-state index in [1.54, 1.807) is 0 Å². The smallest absolute Gasteiger partial charge is 0.320 e. The first kappa shape index (κ1) is 16.1. The zero-order chi connectivity index (χ0) is 17.6. The lowest BCUT2D eigenvalue weighted by Gasteiger charge is -2.26. The molecule has 6 heteroatoms. The van der Waals surface area contributed by atoms with E-state index in [-0.39, 0.29) is 11.4 Å². The van der Waals surface area contributed by atoms with Crippen LogP contribution < -0.4 is 10.6 Å². The topological polar surface area (TPSA) is 71.8 Å². The van der Waals surface area contributed by atoms with Crippen LogP contribution in [0.1, 0.15) is 44.4 Å². The summed E-state index contributed by atoms with van der Waals surface area (Å²) in [5, 5.41) is 10.4. The van der Waals surface area contributed by atoms with E-state index in [0.29, 0.717) is 11.9 Å². The van der Waals surface area contributed by atoms with E-state index in [2.05, 4.69) is 39.2 Å². The quantitative estimate of drug-likeness (QED) is 0.899. The highest BCUT2D eigenvalue weighted by atomic mass is 16.2. The summed E-state index contributed by atoms with van der Waals surface area (Å²) in [6, 6.07) is 2.10. The van der Waals surface area contributed by atoms with Crippen LogP contribution in [0.25, 0.3) is 11.1 Å². The molecule has 2 N–H and O–H groups in total. The van der Waals surface area contributed by atoms with Crippen molar-refractivity contribution in [2.45, 2.75) is 59.0 Å². The highest BCUT2D eigenvalue weighted by molar-refractivity contribution is 5.89. The molecule has 0 spiro atoms. The zero-order valence-corrected chi connectivity index (χ0v) is 15.1. The fraction of sp³-hybridized carbons (Fsp3) is 0.526. The molecule has 6 nitrogen and oxygen atoms in total. The van der Waals surface area contributed by atoms with Crippen LogP contribution in [0, 0.1) is 12.3 Å². The van der Waals surface area contributed by atoms with Crippen molar-refractivity contribution in [3.8, 4) is 11.1 Å². The van der Waals surface area contributed by atoms with Crippen LogP contribution in [0.15, 0.2) is 18.5 Å². The van der Waals surface area contributed by atoms with Gasteiger partial charge in [0, 0.05) is 30.0 Å². The van der Waals surface area contributed by atoms with Gasteiger partial charge in [-0.15, -0.1) is 0 Å². The van der Waals surface area contributed by atoms with Gasteiger partial charge in [0.25, 0.3) is 0 Å². The predicted octanol–water partition coefficient (Wildman–Crippen LogP) is 3.51. The number of urea groups is 1. The van der Waals surface area contributed by atoms with Gasteiger partial charge in [-0.2, -0.15) is 5.10 Å². The number of anilines is 1. The Hall–Kier alpha value is -2.37. The molecule has 1 aliphatic heterocycles. The van der Waals surface area contributed by atoms with Crippen LogP contribution in [-0.4, -0.2) is 26.8 Å². The number of hydrogen-bond donors (Lipinski definition) is 2. The summed E-state index contributed by atoms with van der Waals surface area (Å²) in [5.74, 6) is 0.578. The number of pyridine rings is 1. The molecule has 1 aliphatic carbocycles. The second-order valence-electron chi connectivity index (χ2n) is 8.11. The van der Waals surface area contributed by atoms with Crippen molar-refractivity contribution in [3.63, 3.8) is 0 Å². The van der Waals surface area contributed by atoms with Gasteiger partial charge < -0.3 is 5.32 Å². The minimum Gasteiger partial charge on any atom is -0.335 e. The number of hydrogen-bond acceptors (Lipinski definition) is 3. The van der Waals surface area contributed by atoms with Gasteiger partial charge in [-0.3, -0.25) is 10.00 Å². The minimum atomic E-state index is -0.173. The molecule has 2 amide bonds. The first-order chi connectivity index (χ1) is 11.9. The Morgan fingerprint density at radius 1 is 1.28 bits per heavy atom. The first-order valence-electron chi connectivity index (χ1n) is 9.00. The fourth-order valence-electron chi connectivity index (χ4n) is 3.65. The molecule has 1 fully saturated rings. The van der Waals surface area contributed by atoms with Gasteiger partial charge in [0.2, 0.25) is 0 Å². The molecule has 0 atom stereocenters. The molecular weight excluding hydrogens is 314 g/mol. The molecule has 2 aliphatic rings. The lowest BCUT2D eigenvalue weighted by Crippen LogP contribution is -2.41. The molecule has 0 saturated heterocycles. The Labute approximate surface area is 148 Å². The third kappa shape index (κ3) is 3.13. The summed E-state index contributed by atoms with van der Waals surface area (Å²) < 4.78 is 2.10. The van der Waals surface area contributed by atoms with E-state index in [4.69, 9.17) is 0 Å². The molecule has 0 radical (unpaired) electrons. The standard InChI is InChI=1S/C19H25N5O/c1-12-9-20-17(23-18(25)22-13-5-4-6-13)7-14(12)15-10-21-24-11-19(2,3)8-16(15)24/h7,9-10,13H,4-6,8,11H2,1-3H3,(H2,20,22,23,25). The predicted molar refractivity (Wildman–Crippen MR) is 97.5 cm³/mol. The molecule has 4 rings (SSSR count). The van der Waals surface area contributed by atoms with Crippen LogP contribution in [-0.2, 0) is 13.0 Å². The Bertz CT molecular complexity index is 819. The van der Waals surface area contributed by atoms with Gasteiger partial charge in [0.05, 0.1) is 6.20 Å². The van der Waals surface area contributed by atoms with Crippen molar-refractivity contribution in [2.24, 2.45) is 5.41 Å². The molecule has 2 aromatic rings. The van der Waals surface area contributed by atoms with Crippen molar-refractivity contribution in [1.82, 2.24) is 20.1 Å². The van der Waals surface area contributed by atoms with E-state index in [1.165, 1.54) is 12.1 Å². The number of fused-ring (bicyclic) bond motifs is 1. The number of aryl methyl sites for hydroxylation is 1. The van der Waals surface area contributed by atoms with Gasteiger partial charge in [-0.25, -0.2) is 9.78 Å². The Kier molecular flexibility index (Phi) is 3.78. The average molecular weight is 339 g/mol. The second-order valence-corrected chi connectivity index (χ2v) is 8.11. The lowest BCUT2D eigenvalue weighted by molar-refractivity contribution is 0.240. The molecule has 2 aromatic heterocycles. The van der Waals surface area contributed by atoms with Crippen LogP contribution in [0.5, 0.6) is 0 Å². The normalized spacial score (nSPS) is 18.5. The molecule has 132 valence electrons. The number of aromatic nitrogens is 3. The van der Waals surface area contributed by atoms with E-state index in [0.717, 1.165) is 42.5 Å². The lowest BCUT2D eigenvalue weighted by atomic mass is 9.89. The number of nitrogens with one attached hydrogen (secondary N) is 2. The molecule has 1 saturated carbocycles. The van der Waals surface area contributed by atoms with Crippen molar-refractivity contribution in [1.29, 1.82) is 0 Å². The number of amides is 2. The minimum absolute atomic E-state index is 0.173. The Morgan fingerprint density at radius 2 is 2.08 bits per heavy atom. The van der Waals surface area contributed by atoms with Crippen molar-refractivity contribution in [2.75, 3.05) is 5.32 Å². The SMILES string of the molecule is Cc1cnc(NC(=O)NC2CCC2)cc1-c1cnn2c1CC(C)(C)C2. The van der Waals surface area contributed by atoms with Gasteiger partial charge >= 0.3 is 6.03 Å². The molecule has 0 bridgehead atoms. The van der Waals surface area contributed by atoms with Crippen LogP contribution in [0.3, 0.4) is 0 Å². The molecule has 0 unspecified atom stereocenters. The first-order valence-corrected chi connectivity index (χ1v) is 9.00. The third-order valence-electron chi connectivity index (χ3n) is 5.25. The van der Waals surface area contributed by atoms with Gasteiger partial charge in [-0.1, -0.05) is 13.8 Å². The maximum Gasteiger partial charge on any atom is 0.320 e. The molecule has 3 heterocycles. The maximum absolute atomic E-state index is 12.1. The van der Waals surface area contributed by atoms with Gasteiger partial charge in [0.15, 0.2) is 0 Å². The van der Waals surface area contributed by atoms with Crippen molar-refractivity contribution >= 4 is 11.8 Å². The fourth-order valence-corrected chi connectivity index (χ4v) is 3.65. The summed E-state index contributed by atoms with van der Waals surface area (Å²) in [5.41, 5.74) is 4.83. The van der Waals surface area contributed by atoms with Gasteiger partial charge in [0.1, 0.15) is 5.82 Å². The van der Waals surface area contributed by atoms with Crippen molar-refractivity contribution in [3.05, 3.63) is 29.7 Å². The number of carbonyl (C=O) groups excluding carboxylic acids is 1. The highest BCUT2D eigenvalue weighted by Gasteiger charge is 2.32. The summed E-state index contributed by atoms with van der Waals surface area (Å²) >= 11 is 0. The van der Waals surface area contributed by atoms with E-state index < -0.39 is 0 Å². The summed E-state index contributed by atoms with van der Waals surface area (Å²) in [4.78, 5) is 16.5. The van der Waals surface area contributed by atoms with Crippen LogP contribution in [0.4, 0.5) is 10.6 Å². The zero-order valence-electron chi connectivity index (χ0n) is 15.1. The Balaban J connectivity index is 1.58. The second kappa shape index (κ2) is 5.86. The molecular formula is C19H25N5O. The van der Waals surface area contributed by atoms with Crippen molar-refractivity contribution < 1.29 is 4.79 Å². The maximum atomic E-state index is 12.1. The Morgan fingerprint density at radius 3 is 2.80 bits per heavy atom. The third-order valence-corrected chi connectivity index (χ3v) is 5.25.